The minimum Gasteiger partial charge on any atom is -0.316 e. The van der Waals surface area contributed by atoms with Crippen molar-refractivity contribution >= 4 is 0 Å². The lowest BCUT2D eigenvalue weighted by Crippen LogP contribution is -2.40. The first-order valence-corrected chi connectivity index (χ1v) is 6.71. The summed E-state index contributed by atoms with van der Waals surface area (Å²) in [6, 6.07) is 0. The van der Waals surface area contributed by atoms with Gasteiger partial charge in [-0.1, -0.05) is 0 Å². The molecular formula is C13H17F2N3O. The van der Waals surface area contributed by atoms with Crippen molar-refractivity contribution in [2.24, 2.45) is 5.92 Å². The number of halogens is 2. The van der Waals surface area contributed by atoms with Gasteiger partial charge in [-0.3, -0.25) is 9.36 Å². The lowest BCUT2D eigenvalue weighted by atomic mass is 9.81. The molecule has 0 spiro atoms. The van der Waals surface area contributed by atoms with Crippen LogP contribution >= 0.6 is 0 Å². The minimum absolute atomic E-state index is 0.0519. The van der Waals surface area contributed by atoms with E-state index in [-0.39, 0.29) is 24.3 Å². The molecule has 0 amide bonds. The standard InChI is InChI=1S/C13H17F2N3O/c14-13(15)5-9(6-13)7-18-8-17-11-2-4-16-3-1-10(11)12(18)19/h8-9,16H,1-7H2. The molecule has 4 nitrogen and oxygen atoms in total. The van der Waals surface area contributed by atoms with E-state index in [0.29, 0.717) is 13.0 Å². The highest BCUT2D eigenvalue weighted by Crippen LogP contribution is 2.42. The van der Waals surface area contributed by atoms with Crippen LogP contribution in [0.1, 0.15) is 24.1 Å². The van der Waals surface area contributed by atoms with Crippen molar-refractivity contribution in [1.29, 1.82) is 0 Å². The van der Waals surface area contributed by atoms with E-state index >= 15 is 0 Å². The molecule has 0 aromatic carbocycles. The minimum atomic E-state index is -2.53. The van der Waals surface area contributed by atoms with E-state index in [9.17, 15) is 13.6 Å². The number of aromatic nitrogens is 2. The van der Waals surface area contributed by atoms with Gasteiger partial charge in [0.1, 0.15) is 0 Å². The quantitative estimate of drug-likeness (QED) is 0.870. The summed E-state index contributed by atoms with van der Waals surface area (Å²) in [5.74, 6) is -2.63. The Morgan fingerprint density at radius 2 is 2.11 bits per heavy atom. The predicted molar refractivity (Wildman–Crippen MR) is 66.4 cm³/mol. The Kier molecular flexibility index (Phi) is 3.12. The number of nitrogens with one attached hydrogen (secondary N) is 1. The Morgan fingerprint density at radius 3 is 2.84 bits per heavy atom. The number of nitrogens with zero attached hydrogens (tertiary/aromatic N) is 2. The molecule has 1 fully saturated rings. The van der Waals surface area contributed by atoms with Crippen LogP contribution in [0.3, 0.4) is 0 Å². The Hall–Kier alpha value is -1.30. The van der Waals surface area contributed by atoms with Crippen LogP contribution in [0.25, 0.3) is 0 Å². The van der Waals surface area contributed by atoms with E-state index in [1.54, 1.807) is 0 Å². The summed E-state index contributed by atoms with van der Waals surface area (Å²) < 4.78 is 27.1. The Labute approximate surface area is 109 Å². The molecule has 0 bridgehead atoms. The first-order chi connectivity index (χ1) is 9.05. The van der Waals surface area contributed by atoms with Gasteiger partial charge in [-0.15, -0.1) is 0 Å². The number of alkyl halides is 2. The van der Waals surface area contributed by atoms with Gasteiger partial charge in [0.2, 0.25) is 5.92 Å². The Balaban J connectivity index is 1.80. The molecule has 2 heterocycles. The lowest BCUT2D eigenvalue weighted by Gasteiger charge is -2.35. The van der Waals surface area contributed by atoms with Crippen molar-refractivity contribution in [1.82, 2.24) is 14.9 Å². The molecule has 0 radical (unpaired) electrons. The van der Waals surface area contributed by atoms with Crippen LogP contribution in [0.15, 0.2) is 11.1 Å². The van der Waals surface area contributed by atoms with Crippen LogP contribution in [-0.2, 0) is 19.4 Å². The van der Waals surface area contributed by atoms with E-state index in [4.69, 9.17) is 0 Å². The van der Waals surface area contributed by atoms with Gasteiger partial charge >= 0.3 is 0 Å². The summed E-state index contributed by atoms with van der Waals surface area (Å²) in [5.41, 5.74) is 1.55. The first kappa shape index (κ1) is 12.7. The van der Waals surface area contributed by atoms with Crippen LogP contribution in [0.5, 0.6) is 0 Å². The van der Waals surface area contributed by atoms with Gasteiger partial charge in [-0.25, -0.2) is 13.8 Å². The highest BCUT2D eigenvalue weighted by molar-refractivity contribution is 5.19. The molecule has 0 unspecified atom stereocenters. The third-order valence-electron chi connectivity index (χ3n) is 3.94. The smallest absolute Gasteiger partial charge is 0.256 e. The Bertz CT molecular complexity index is 533. The highest BCUT2D eigenvalue weighted by Gasteiger charge is 2.45. The van der Waals surface area contributed by atoms with Crippen molar-refractivity contribution < 1.29 is 8.78 Å². The third kappa shape index (κ3) is 2.54. The SMILES string of the molecule is O=c1c2c(ncn1CC1CC(F)(F)C1)CCNCC2. The van der Waals surface area contributed by atoms with Gasteiger partial charge in [0, 0.05) is 37.9 Å². The maximum absolute atomic E-state index is 12.8. The van der Waals surface area contributed by atoms with Crippen molar-refractivity contribution in [3.63, 3.8) is 0 Å². The van der Waals surface area contributed by atoms with Crippen molar-refractivity contribution in [3.05, 3.63) is 27.9 Å². The largest absolute Gasteiger partial charge is 0.316 e. The van der Waals surface area contributed by atoms with Gasteiger partial charge < -0.3 is 5.32 Å². The molecule has 1 aromatic rings. The molecule has 1 N–H and O–H groups in total. The fourth-order valence-corrected chi connectivity index (χ4v) is 2.90. The monoisotopic (exact) mass is 269 g/mol. The van der Waals surface area contributed by atoms with Gasteiger partial charge in [0.15, 0.2) is 0 Å². The van der Waals surface area contributed by atoms with Gasteiger partial charge in [-0.05, 0) is 18.9 Å². The number of hydrogen-bond donors (Lipinski definition) is 1. The molecule has 2 aliphatic rings. The van der Waals surface area contributed by atoms with Crippen molar-refractivity contribution in [3.8, 4) is 0 Å². The normalized spacial score (nSPS) is 22.4. The van der Waals surface area contributed by atoms with Crippen LogP contribution in [0.4, 0.5) is 8.78 Å². The second-order valence-electron chi connectivity index (χ2n) is 5.51. The maximum atomic E-state index is 12.8. The summed E-state index contributed by atoms with van der Waals surface area (Å²) in [7, 11) is 0. The number of hydrogen-bond acceptors (Lipinski definition) is 3. The average Bonchev–Trinajstić information content (AvgIpc) is 2.56. The molecule has 1 aromatic heterocycles. The van der Waals surface area contributed by atoms with Crippen LogP contribution < -0.4 is 10.9 Å². The summed E-state index contributed by atoms with van der Waals surface area (Å²) in [4.78, 5) is 16.6. The van der Waals surface area contributed by atoms with Gasteiger partial charge in [0.25, 0.3) is 5.56 Å². The van der Waals surface area contributed by atoms with E-state index < -0.39 is 5.92 Å². The molecule has 104 valence electrons. The summed E-state index contributed by atoms with van der Waals surface area (Å²) in [5, 5.41) is 3.23. The van der Waals surface area contributed by atoms with E-state index in [0.717, 1.165) is 30.8 Å². The summed E-state index contributed by atoms with van der Waals surface area (Å²) in [6.45, 7) is 1.97. The number of fused-ring (bicyclic) bond motifs is 1. The third-order valence-corrected chi connectivity index (χ3v) is 3.94. The topological polar surface area (TPSA) is 46.9 Å². The van der Waals surface area contributed by atoms with Crippen LogP contribution in [0.2, 0.25) is 0 Å². The molecule has 19 heavy (non-hydrogen) atoms. The van der Waals surface area contributed by atoms with E-state index in [2.05, 4.69) is 10.3 Å². The second kappa shape index (κ2) is 4.67. The second-order valence-corrected chi connectivity index (χ2v) is 5.51. The van der Waals surface area contributed by atoms with Crippen molar-refractivity contribution in [2.45, 2.75) is 38.2 Å². The van der Waals surface area contributed by atoms with E-state index in [1.165, 1.54) is 10.9 Å². The first-order valence-electron chi connectivity index (χ1n) is 6.71. The fraction of sp³-hybridized carbons (Fsp3) is 0.692. The molecular weight excluding hydrogens is 252 g/mol. The fourth-order valence-electron chi connectivity index (χ4n) is 2.90. The van der Waals surface area contributed by atoms with Crippen LogP contribution in [-0.4, -0.2) is 28.6 Å². The predicted octanol–water partition coefficient (Wildman–Crippen LogP) is 0.977. The highest BCUT2D eigenvalue weighted by atomic mass is 19.3. The molecule has 3 rings (SSSR count). The molecule has 1 aliphatic heterocycles. The maximum Gasteiger partial charge on any atom is 0.256 e. The molecule has 6 heteroatoms. The lowest BCUT2D eigenvalue weighted by molar-refractivity contribution is -0.114. The van der Waals surface area contributed by atoms with Crippen LogP contribution in [0, 0.1) is 5.92 Å². The molecule has 1 saturated carbocycles. The molecule has 0 atom stereocenters. The van der Waals surface area contributed by atoms with Crippen molar-refractivity contribution in [2.75, 3.05) is 13.1 Å². The van der Waals surface area contributed by atoms with Gasteiger partial charge in [0.05, 0.1) is 12.0 Å². The summed E-state index contributed by atoms with van der Waals surface area (Å²) >= 11 is 0. The molecule has 0 saturated heterocycles. The number of rotatable bonds is 2. The zero-order valence-electron chi connectivity index (χ0n) is 10.7. The average molecular weight is 269 g/mol. The zero-order chi connectivity index (χ0) is 13.5. The van der Waals surface area contributed by atoms with Gasteiger partial charge in [-0.2, -0.15) is 0 Å². The Morgan fingerprint density at radius 1 is 1.37 bits per heavy atom. The molecule has 1 aliphatic carbocycles. The zero-order valence-corrected chi connectivity index (χ0v) is 10.7. The van der Waals surface area contributed by atoms with E-state index in [1.807, 2.05) is 0 Å². The summed E-state index contributed by atoms with van der Waals surface area (Å²) in [6.07, 6.45) is 2.72.